The molecule has 0 fully saturated rings. The van der Waals surface area contributed by atoms with Gasteiger partial charge in [-0.3, -0.25) is 0 Å². The highest BCUT2D eigenvalue weighted by Crippen LogP contribution is 2.32. The summed E-state index contributed by atoms with van der Waals surface area (Å²) >= 11 is 3.52. The summed E-state index contributed by atoms with van der Waals surface area (Å²) in [6.07, 6.45) is 14.5. The van der Waals surface area contributed by atoms with Gasteiger partial charge in [0.1, 0.15) is 0 Å². The van der Waals surface area contributed by atoms with Crippen molar-refractivity contribution in [2.75, 3.05) is 5.33 Å². The molecule has 0 aromatic carbocycles. The van der Waals surface area contributed by atoms with Crippen molar-refractivity contribution in [3.63, 3.8) is 0 Å². The van der Waals surface area contributed by atoms with Crippen LogP contribution in [-0.4, -0.2) is 13.4 Å². The summed E-state index contributed by atoms with van der Waals surface area (Å²) in [6, 6.07) is 6.46. The maximum Gasteiger partial charge on any atom is 0.0535 e. The molecule has 0 aliphatic heterocycles. The summed E-state index contributed by atoms with van der Waals surface area (Å²) in [7, 11) is -0.899. The molecular weight excluding hydrogens is 324 g/mol. The molecule has 0 heterocycles. The fourth-order valence-electron chi connectivity index (χ4n) is 3.66. The Morgan fingerprint density at radius 2 is 1.05 bits per heavy atom. The standard InChI is InChI=1S/C18H39BrSi/c1-4-7-17-20(15-5-2,16-6-3)18-13-11-9-8-10-12-14-19/h4-18H2,1-3H3. The summed E-state index contributed by atoms with van der Waals surface area (Å²) in [4.78, 5) is 0. The molecule has 2 heteroatoms. The maximum absolute atomic E-state index is 3.52. The van der Waals surface area contributed by atoms with Crippen LogP contribution >= 0.6 is 15.9 Å². The molecule has 0 radical (unpaired) electrons. The van der Waals surface area contributed by atoms with Gasteiger partial charge in [-0.05, 0) is 6.42 Å². The predicted molar refractivity (Wildman–Crippen MR) is 102 cm³/mol. The number of alkyl halides is 1. The Morgan fingerprint density at radius 1 is 0.550 bits per heavy atom. The number of hydrogen-bond acceptors (Lipinski definition) is 0. The lowest BCUT2D eigenvalue weighted by atomic mass is 10.1. The summed E-state index contributed by atoms with van der Waals surface area (Å²) in [5.41, 5.74) is 0. The lowest BCUT2D eigenvalue weighted by molar-refractivity contribution is 0.622. The Morgan fingerprint density at radius 3 is 1.55 bits per heavy atom. The Labute approximate surface area is 138 Å². The zero-order valence-corrected chi connectivity index (χ0v) is 17.1. The molecule has 0 aromatic rings. The van der Waals surface area contributed by atoms with Crippen LogP contribution in [0.3, 0.4) is 0 Å². The first-order chi connectivity index (χ1) is 9.74. The SMILES string of the molecule is CCCC[Si](CCC)(CCC)CCCCCCCCBr. The van der Waals surface area contributed by atoms with Crippen molar-refractivity contribution in [2.24, 2.45) is 0 Å². The van der Waals surface area contributed by atoms with E-state index in [9.17, 15) is 0 Å². The average molecular weight is 363 g/mol. The average Bonchev–Trinajstić information content (AvgIpc) is 2.45. The number of unbranched alkanes of at least 4 members (excludes halogenated alkanes) is 6. The van der Waals surface area contributed by atoms with Gasteiger partial charge in [0, 0.05) is 5.33 Å². The van der Waals surface area contributed by atoms with Gasteiger partial charge in [-0.1, -0.05) is 119 Å². The van der Waals surface area contributed by atoms with E-state index in [-0.39, 0.29) is 0 Å². The normalized spacial score (nSPS) is 12.0. The molecule has 0 nitrogen and oxygen atoms in total. The van der Waals surface area contributed by atoms with E-state index >= 15 is 0 Å². The highest BCUT2D eigenvalue weighted by molar-refractivity contribution is 9.09. The summed E-state index contributed by atoms with van der Waals surface area (Å²) in [5, 5.41) is 1.19. The first-order valence-corrected chi connectivity index (χ1v) is 13.3. The zero-order chi connectivity index (χ0) is 15.1. The first kappa shape index (κ1) is 20.7. The van der Waals surface area contributed by atoms with E-state index in [1.54, 1.807) is 24.2 Å². The highest BCUT2D eigenvalue weighted by atomic mass is 79.9. The molecule has 0 aromatic heterocycles. The van der Waals surface area contributed by atoms with E-state index in [1.807, 2.05) is 0 Å². The largest absolute Gasteiger partial charge is 0.0928 e. The molecule has 0 saturated heterocycles. The van der Waals surface area contributed by atoms with Gasteiger partial charge in [0.2, 0.25) is 0 Å². The number of halogens is 1. The Hall–Kier alpha value is 0.697. The summed E-state index contributed by atoms with van der Waals surface area (Å²) in [6.45, 7) is 7.17. The quantitative estimate of drug-likeness (QED) is 0.158. The predicted octanol–water partition coefficient (Wildman–Crippen LogP) is 7.79. The van der Waals surface area contributed by atoms with E-state index in [0.29, 0.717) is 0 Å². The van der Waals surface area contributed by atoms with Gasteiger partial charge >= 0.3 is 0 Å². The molecule has 0 aliphatic rings. The monoisotopic (exact) mass is 362 g/mol. The van der Waals surface area contributed by atoms with Gasteiger partial charge in [-0.15, -0.1) is 0 Å². The van der Waals surface area contributed by atoms with Gasteiger partial charge in [-0.25, -0.2) is 0 Å². The molecule has 0 amide bonds. The summed E-state index contributed by atoms with van der Waals surface area (Å²) < 4.78 is 0. The molecule has 0 unspecified atom stereocenters. The molecular formula is C18H39BrSi. The van der Waals surface area contributed by atoms with Crippen molar-refractivity contribution in [3.05, 3.63) is 0 Å². The molecule has 20 heavy (non-hydrogen) atoms. The van der Waals surface area contributed by atoms with Crippen LogP contribution in [0.15, 0.2) is 0 Å². The molecule has 0 rings (SSSR count). The van der Waals surface area contributed by atoms with Gasteiger partial charge < -0.3 is 0 Å². The van der Waals surface area contributed by atoms with Crippen molar-refractivity contribution in [3.8, 4) is 0 Å². The minimum absolute atomic E-state index is 0.899. The van der Waals surface area contributed by atoms with Crippen LogP contribution in [0.5, 0.6) is 0 Å². The van der Waals surface area contributed by atoms with Crippen LogP contribution in [0, 0.1) is 0 Å². The Kier molecular flexibility index (Phi) is 15.1. The van der Waals surface area contributed by atoms with Gasteiger partial charge in [0.15, 0.2) is 0 Å². The lowest BCUT2D eigenvalue weighted by Crippen LogP contribution is -2.33. The van der Waals surface area contributed by atoms with E-state index in [0.717, 1.165) is 0 Å². The van der Waals surface area contributed by atoms with Crippen LogP contribution in [0.2, 0.25) is 24.2 Å². The van der Waals surface area contributed by atoms with Crippen LogP contribution in [0.1, 0.15) is 85.0 Å². The molecule has 0 aliphatic carbocycles. The molecule has 0 saturated carbocycles. The van der Waals surface area contributed by atoms with Crippen molar-refractivity contribution in [1.82, 2.24) is 0 Å². The third-order valence-electron chi connectivity index (χ3n) is 4.71. The second kappa shape index (κ2) is 14.6. The minimum Gasteiger partial charge on any atom is -0.0928 e. The molecule has 0 atom stereocenters. The second-order valence-corrected chi connectivity index (χ2v) is 12.5. The smallest absolute Gasteiger partial charge is 0.0535 e. The third-order valence-corrected chi connectivity index (χ3v) is 11.2. The number of rotatable bonds is 15. The number of hydrogen-bond donors (Lipinski definition) is 0. The Balaban J connectivity index is 3.99. The zero-order valence-electron chi connectivity index (χ0n) is 14.5. The van der Waals surface area contributed by atoms with Crippen molar-refractivity contribution in [2.45, 2.75) is 109 Å². The van der Waals surface area contributed by atoms with E-state index in [2.05, 4.69) is 36.7 Å². The molecule has 0 spiro atoms. The van der Waals surface area contributed by atoms with Crippen molar-refractivity contribution >= 4 is 24.0 Å². The van der Waals surface area contributed by atoms with Gasteiger partial charge in [0.05, 0.1) is 8.07 Å². The molecule has 0 bridgehead atoms. The van der Waals surface area contributed by atoms with Crippen LogP contribution in [0.4, 0.5) is 0 Å². The van der Waals surface area contributed by atoms with E-state index in [4.69, 9.17) is 0 Å². The third kappa shape index (κ3) is 10.4. The van der Waals surface area contributed by atoms with Crippen LogP contribution < -0.4 is 0 Å². The summed E-state index contributed by atoms with van der Waals surface area (Å²) in [5.74, 6) is 0. The van der Waals surface area contributed by atoms with Gasteiger partial charge in [-0.2, -0.15) is 0 Å². The van der Waals surface area contributed by atoms with Crippen molar-refractivity contribution in [1.29, 1.82) is 0 Å². The first-order valence-electron chi connectivity index (χ1n) is 9.30. The van der Waals surface area contributed by atoms with Crippen LogP contribution in [0.25, 0.3) is 0 Å². The topological polar surface area (TPSA) is 0 Å². The minimum atomic E-state index is -0.899. The van der Waals surface area contributed by atoms with E-state index < -0.39 is 8.07 Å². The molecule has 122 valence electrons. The second-order valence-electron chi connectivity index (χ2n) is 6.66. The van der Waals surface area contributed by atoms with Gasteiger partial charge in [0.25, 0.3) is 0 Å². The van der Waals surface area contributed by atoms with E-state index in [1.165, 1.54) is 69.5 Å². The fraction of sp³-hybridized carbons (Fsp3) is 1.00. The fourth-order valence-corrected chi connectivity index (χ4v) is 9.79. The Bertz CT molecular complexity index is 188. The lowest BCUT2D eigenvalue weighted by Gasteiger charge is -2.32. The highest BCUT2D eigenvalue weighted by Gasteiger charge is 2.29. The molecule has 0 N–H and O–H groups in total. The van der Waals surface area contributed by atoms with Crippen LogP contribution in [-0.2, 0) is 0 Å². The van der Waals surface area contributed by atoms with Crippen molar-refractivity contribution < 1.29 is 0 Å². The maximum atomic E-state index is 3.52.